The second kappa shape index (κ2) is 5.95. The van der Waals surface area contributed by atoms with Gasteiger partial charge in [0, 0.05) is 24.0 Å². The molecule has 1 fully saturated rings. The van der Waals surface area contributed by atoms with Crippen LogP contribution < -0.4 is 11.1 Å². The molecule has 0 aromatic heterocycles. The summed E-state index contributed by atoms with van der Waals surface area (Å²) in [4.78, 5) is 14.2. The minimum atomic E-state index is 0.00733. The van der Waals surface area contributed by atoms with Crippen LogP contribution in [0.3, 0.4) is 0 Å². The van der Waals surface area contributed by atoms with E-state index in [1.54, 1.807) is 12.1 Å². The van der Waals surface area contributed by atoms with Crippen LogP contribution in [0.5, 0.6) is 0 Å². The highest BCUT2D eigenvalue weighted by molar-refractivity contribution is 5.89. The Morgan fingerprint density at radius 3 is 2.53 bits per heavy atom. The maximum atomic E-state index is 12.3. The fraction of sp³-hybridized carbons (Fsp3) is 0.533. The van der Waals surface area contributed by atoms with E-state index in [1.807, 2.05) is 17.0 Å². The van der Waals surface area contributed by atoms with E-state index >= 15 is 0 Å². The summed E-state index contributed by atoms with van der Waals surface area (Å²) in [5.74, 6) is 0.616. The van der Waals surface area contributed by atoms with Crippen LogP contribution in [-0.2, 0) is 0 Å². The number of nitrogen functional groups attached to an aromatic ring is 1. The topological polar surface area (TPSA) is 58.4 Å². The Bertz CT molecular complexity index is 424. The highest BCUT2D eigenvalue weighted by atomic mass is 16.2. The Hall–Kier alpha value is -1.71. The molecule has 0 saturated heterocycles. The number of amides is 2. The lowest BCUT2D eigenvalue weighted by atomic mass is 10.1. The Morgan fingerprint density at radius 2 is 2.00 bits per heavy atom. The largest absolute Gasteiger partial charge is 0.399 e. The van der Waals surface area contributed by atoms with Crippen molar-refractivity contribution in [2.75, 3.05) is 17.6 Å². The normalized spacial score (nSPS) is 14.5. The maximum Gasteiger partial charge on any atom is 0.322 e. The molecule has 1 aromatic rings. The molecule has 4 heteroatoms. The van der Waals surface area contributed by atoms with Crippen LogP contribution >= 0.6 is 0 Å². The van der Waals surface area contributed by atoms with Gasteiger partial charge in [0.1, 0.15) is 0 Å². The molecule has 104 valence electrons. The number of hydrogen-bond acceptors (Lipinski definition) is 2. The molecule has 1 aliphatic carbocycles. The molecule has 0 unspecified atom stereocenters. The van der Waals surface area contributed by atoms with E-state index in [1.165, 1.54) is 0 Å². The Morgan fingerprint density at radius 1 is 1.37 bits per heavy atom. The van der Waals surface area contributed by atoms with E-state index in [-0.39, 0.29) is 6.03 Å². The van der Waals surface area contributed by atoms with Crippen LogP contribution in [-0.4, -0.2) is 23.5 Å². The lowest BCUT2D eigenvalue weighted by molar-refractivity contribution is 0.205. The number of hydrogen-bond donors (Lipinski definition) is 2. The molecule has 0 bridgehead atoms. The van der Waals surface area contributed by atoms with Gasteiger partial charge in [-0.3, -0.25) is 0 Å². The van der Waals surface area contributed by atoms with Gasteiger partial charge >= 0.3 is 6.03 Å². The first-order chi connectivity index (χ1) is 9.06. The molecule has 1 saturated carbocycles. The van der Waals surface area contributed by atoms with Crippen molar-refractivity contribution in [3.8, 4) is 0 Å². The summed E-state index contributed by atoms with van der Waals surface area (Å²) < 4.78 is 0. The number of anilines is 2. The lowest BCUT2D eigenvalue weighted by Gasteiger charge is -2.23. The molecule has 0 atom stereocenters. The highest BCUT2D eigenvalue weighted by Crippen LogP contribution is 2.28. The third kappa shape index (κ3) is 4.16. The van der Waals surface area contributed by atoms with Crippen LogP contribution in [0.25, 0.3) is 0 Å². The van der Waals surface area contributed by atoms with Gasteiger partial charge in [0.05, 0.1) is 0 Å². The van der Waals surface area contributed by atoms with Crippen molar-refractivity contribution < 1.29 is 4.79 Å². The number of urea groups is 1. The molecule has 1 aromatic carbocycles. The molecule has 3 N–H and O–H groups in total. The third-order valence-corrected chi connectivity index (χ3v) is 3.36. The predicted molar refractivity (Wildman–Crippen MR) is 79.1 cm³/mol. The smallest absolute Gasteiger partial charge is 0.322 e. The Kier molecular flexibility index (Phi) is 4.30. The van der Waals surface area contributed by atoms with Crippen molar-refractivity contribution in [3.05, 3.63) is 24.3 Å². The molecule has 0 radical (unpaired) electrons. The number of rotatable bonds is 5. The number of nitrogens with one attached hydrogen (secondary N) is 1. The van der Waals surface area contributed by atoms with Crippen molar-refractivity contribution in [1.29, 1.82) is 0 Å². The van der Waals surface area contributed by atoms with E-state index in [0.717, 1.165) is 31.5 Å². The van der Waals surface area contributed by atoms with Crippen molar-refractivity contribution in [2.24, 2.45) is 5.92 Å². The Labute approximate surface area is 115 Å². The summed E-state index contributed by atoms with van der Waals surface area (Å²) in [6.07, 6.45) is 3.31. The zero-order chi connectivity index (χ0) is 13.8. The Balaban J connectivity index is 1.93. The molecule has 19 heavy (non-hydrogen) atoms. The third-order valence-electron chi connectivity index (χ3n) is 3.36. The van der Waals surface area contributed by atoms with Crippen LogP contribution in [0.4, 0.5) is 16.2 Å². The van der Waals surface area contributed by atoms with Crippen molar-refractivity contribution >= 4 is 17.4 Å². The predicted octanol–water partition coefficient (Wildman–Crippen LogP) is 3.31. The van der Waals surface area contributed by atoms with Crippen molar-refractivity contribution in [2.45, 2.75) is 39.2 Å². The first kappa shape index (κ1) is 13.7. The SMILES string of the molecule is CC(C)CCN(C(=O)Nc1ccc(N)cc1)C1CC1. The number of benzene rings is 1. The number of nitrogens with zero attached hydrogens (tertiary/aromatic N) is 1. The zero-order valence-corrected chi connectivity index (χ0v) is 11.7. The average Bonchev–Trinajstić information content (AvgIpc) is 3.16. The van der Waals surface area contributed by atoms with E-state index < -0.39 is 0 Å². The molecule has 4 nitrogen and oxygen atoms in total. The molecule has 0 spiro atoms. The second-order valence-electron chi connectivity index (χ2n) is 5.66. The molecule has 0 aliphatic heterocycles. The minimum absolute atomic E-state index is 0.00733. The standard InChI is InChI=1S/C15H23N3O/c1-11(2)9-10-18(14-7-8-14)15(19)17-13-5-3-12(16)4-6-13/h3-6,11,14H,7-10,16H2,1-2H3,(H,17,19). The van der Waals surface area contributed by atoms with Crippen LogP contribution in [0.1, 0.15) is 33.1 Å². The molecule has 0 heterocycles. The van der Waals surface area contributed by atoms with Crippen molar-refractivity contribution in [3.63, 3.8) is 0 Å². The zero-order valence-electron chi connectivity index (χ0n) is 11.7. The van der Waals surface area contributed by atoms with Gasteiger partial charge in [-0.05, 0) is 49.4 Å². The van der Waals surface area contributed by atoms with E-state index in [2.05, 4.69) is 19.2 Å². The van der Waals surface area contributed by atoms with Gasteiger partial charge in [0.25, 0.3) is 0 Å². The molecular formula is C15H23N3O. The number of nitrogens with two attached hydrogens (primary N) is 1. The lowest BCUT2D eigenvalue weighted by Crippen LogP contribution is -2.37. The van der Waals surface area contributed by atoms with Gasteiger partial charge in [-0.25, -0.2) is 4.79 Å². The molecule has 1 aliphatic rings. The maximum absolute atomic E-state index is 12.3. The minimum Gasteiger partial charge on any atom is -0.399 e. The van der Waals surface area contributed by atoms with Gasteiger partial charge in [-0.2, -0.15) is 0 Å². The monoisotopic (exact) mass is 261 g/mol. The van der Waals surface area contributed by atoms with Crippen LogP contribution in [0, 0.1) is 5.92 Å². The fourth-order valence-electron chi connectivity index (χ4n) is 2.00. The van der Waals surface area contributed by atoms with Crippen molar-refractivity contribution in [1.82, 2.24) is 4.90 Å². The second-order valence-corrected chi connectivity index (χ2v) is 5.66. The van der Waals surface area contributed by atoms with E-state index in [9.17, 15) is 4.79 Å². The first-order valence-corrected chi connectivity index (χ1v) is 6.99. The summed E-state index contributed by atoms with van der Waals surface area (Å²) >= 11 is 0. The summed E-state index contributed by atoms with van der Waals surface area (Å²) in [5, 5.41) is 2.95. The summed E-state index contributed by atoms with van der Waals surface area (Å²) in [7, 11) is 0. The number of carbonyl (C=O) groups excluding carboxylic acids is 1. The summed E-state index contributed by atoms with van der Waals surface area (Å²) in [6.45, 7) is 5.20. The fourth-order valence-corrected chi connectivity index (χ4v) is 2.00. The van der Waals surface area contributed by atoms with E-state index in [0.29, 0.717) is 17.6 Å². The van der Waals surface area contributed by atoms with Gasteiger partial charge < -0.3 is 16.0 Å². The summed E-state index contributed by atoms with van der Waals surface area (Å²) in [6, 6.07) is 7.71. The molecular weight excluding hydrogens is 238 g/mol. The van der Waals surface area contributed by atoms with Crippen LogP contribution in [0.15, 0.2) is 24.3 Å². The van der Waals surface area contributed by atoms with E-state index in [4.69, 9.17) is 5.73 Å². The van der Waals surface area contributed by atoms with Gasteiger partial charge in [0.2, 0.25) is 0 Å². The summed E-state index contributed by atoms with van der Waals surface area (Å²) in [5.41, 5.74) is 7.14. The van der Waals surface area contributed by atoms with Crippen LogP contribution in [0.2, 0.25) is 0 Å². The molecule has 2 rings (SSSR count). The van der Waals surface area contributed by atoms with Gasteiger partial charge in [0.15, 0.2) is 0 Å². The number of carbonyl (C=O) groups is 1. The first-order valence-electron chi connectivity index (χ1n) is 6.99. The van der Waals surface area contributed by atoms with Gasteiger partial charge in [-0.15, -0.1) is 0 Å². The average molecular weight is 261 g/mol. The van der Waals surface area contributed by atoms with Gasteiger partial charge in [-0.1, -0.05) is 13.8 Å². The quantitative estimate of drug-likeness (QED) is 0.799. The highest BCUT2D eigenvalue weighted by Gasteiger charge is 2.32. The molecule has 2 amide bonds.